The number of hydrogen-bond acceptors (Lipinski definition) is 2. The Labute approximate surface area is 132 Å². The monoisotopic (exact) mass is 298 g/mol. The highest BCUT2D eigenvalue weighted by Crippen LogP contribution is 2.60. The van der Waals surface area contributed by atoms with Crippen LogP contribution in [0, 0.1) is 31.6 Å². The summed E-state index contributed by atoms with van der Waals surface area (Å²) < 4.78 is 0. The lowest BCUT2D eigenvalue weighted by molar-refractivity contribution is -0.132. The molecule has 2 aliphatic heterocycles. The van der Waals surface area contributed by atoms with Gasteiger partial charge in [-0.1, -0.05) is 19.1 Å². The molecule has 118 valence electrons. The van der Waals surface area contributed by atoms with Gasteiger partial charge in [-0.05, 0) is 73.2 Å². The van der Waals surface area contributed by atoms with Crippen LogP contribution in [0.25, 0.3) is 0 Å². The molecule has 2 heterocycles. The second-order valence-electron chi connectivity index (χ2n) is 7.70. The number of benzene rings is 1. The predicted molar refractivity (Wildman–Crippen MR) is 87.4 cm³/mol. The van der Waals surface area contributed by atoms with Gasteiger partial charge in [0.25, 0.3) is 0 Å². The van der Waals surface area contributed by atoms with Crippen molar-refractivity contribution in [2.24, 2.45) is 23.5 Å². The predicted octanol–water partition coefficient (Wildman–Crippen LogP) is 2.52. The summed E-state index contributed by atoms with van der Waals surface area (Å²) >= 11 is 0. The van der Waals surface area contributed by atoms with Crippen molar-refractivity contribution in [1.29, 1.82) is 0 Å². The zero-order valence-corrected chi connectivity index (χ0v) is 13.9. The standard InChI is InChI=1S/C19H26N2O/c1-11-6-14-4-5-21-18(22)8-17-15(10-20)13(3)9-19(17,21)16(14)7-12(11)2/h6-7,13,15,17H,4-5,8-10,20H2,1-3H3/t13-,15+,17-,19?/m0/s1. The molecule has 2 fully saturated rings. The summed E-state index contributed by atoms with van der Waals surface area (Å²) in [6.07, 6.45) is 2.78. The quantitative estimate of drug-likeness (QED) is 0.866. The molecular formula is C19H26N2O. The van der Waals surface area contributed by atoms with E-state index in [-0.39, 0.29) is 5.54 Å². The first kappa shape index (κ1) is 14.3. The summed E-state index contributed by atoms with van der Waals surface area (Å²) in [4.78, 5) is 14.8. The number of nitrogens with two attached hydrogens (primary N) is 1. The normalized spacial score (nSPS) is 36.3. The van der Waals surface area contributed by atoms with Gasteiger partial charge in [-0.25, -0.2) is 0 Å². The zero-order valence-electron chi connectivity index (χ0n) is 13.9. The largest absolute Gasteiger partial charge is 0.332 e. The van der Waals surface area contributed by atoms with Crippen LogP contribution < -0.4 is 5.73 Å². The Kier molecular flexibility index (Phi) is 2.96. The highest BCUT2D eigenvalue weighted by atomic mass is 16.2. The van der Waals surface area contributed by atoms with Crippen LogP contribution >= 0.6 is 0 Å². The van der Waals surface area contributed by atoms with Gasteiger partial charge >= 0.3 is 0 Å². The first-order valence-electron chi connectivity index (χ1n) is 8.60. The Balaban J connectivity index is 1.94. The van der Waals surface area contributed by atoms with Crippen LogP contribution in [0.2, 0.25) is 0 Å². The lowest BCUT2D eigenvalue weighted by Gasteiger charge is -2.45. The van der Waals surface area contributed by atoms with E-state index >= 15 is 0 Å². The van der Waals surface area contributed by atoms with Crippen molar-refractivity contribution in [3.8, 4) is 0 Å². The summed E-state index contributed by atoms with van der Waals surface area (Å²) in [6.45, 7) is 8.29. The number of carbonyl (C=O) groups excluding carboxylic acids is 1. The molecule has 4 atom stereocenters. The fraction of sp³-hybridized carbons (Fsp3) is 0.632. The highest BCUT2D eigenvalue weighted by molar-refractivity contribution is 5.82. The molecule has 3 nitrogen and oxygen atoms in total. The van der Waals surface area contributed by atoms with Crippen molar-refractivity contribution in [2.45, 2.75) is 45.6 Å². The Morgan fingerprint density at radius 1 is 1.32 bits per heavy atom. The number of fused-ring (bicyclic) bond motifs is 1. The minimum Gasteiger partial charge on any atom is -0.332 e. The third kappa shape index (κ3) is 1.58. The van der Waals surface area contributed by atoms with Crippen molar-refractivity contribution in [3.05, 3.63) is 34.4 Å². The summed E-state index contributed by atoms with van der Waals surface area (Å²) in [7, 11) is 0. The van der Waals surface area contributed by atoms with Gasteiger partial charge in [0.05, 0.1) is 5.54 Å². The van der Waals surface area contributed by atoms with Crippen molar-refractivity contribution >= 4 is 5.91 Å². The van der Waals surface area contributed by atoms with Crippen LogP contribution in [0.5, 0.6) is 0 Å². The van der Waals surface area contributed by atoms with Crippen molar-refractivity contribution in [1.82, 2.24) is 4.90 Å². The molecular weight excluding hydrogens is 272 g/mol. The van der Waals surface area contributed by atoms with E-state index < -0.39 is 0 Å². The van der Waals surface area contributed by atoms with Crippen LogP contribution in [0.1, 0.15) is 42.0 Å². The van der Waals surface area contributed by atoms with Gasteiger partial charge in [0, 0.05) is 13.0 Å². The summed E-state index contributed by atoms with van der Waals surface area (Å²) in [6, 6.07) is 4.73. The van der Waals surface area contributed by atoms with E-state index in [4.69, 9.17) is 5.73 Å². The van der Waals surface area contributed by atoms with Gasteiger partial charge < -0.3 is 10.6 Å². The van der Waals surface area contributed by atoms with Crippen LogP contribution in [0.4, 0.5) is 0 Å². The van der Waals surface area contributed by atoms with E-state index in [1.54, 1.807) is 0 Å². The first-order valence-corrected chi connectivity index (χ1v) is 8.60. The van der Waals surface area contributed by atoms with E-state index in [2.05, 4.69) is 37.8 Å². The molecule has 0 aromatic heterocycles. The van der Waals surface area contributed by atoms with Crippen molar-refractivity contribution in [2.75, 3.05) is 13.1 Å². The van der Waals surface area contributed by atoms with Gasteiger partial charge in [-0.15, -0.1) is 0 Å². The number of carbonyl (C=O) groups is 1. The lowest BCUT2D eigenvalue weighted by Crippen LogP contribution is -2.49. The summed E-state index contributed by atoms with van der Waals surface area (Å²) in [5.74, 6) is 1.82. The molecule has 1 aliphatic carbocycles. The molecule has 2 N–H and O–H groups in total. The van der Waals surface area contributed by atoms with Crippen molar-refractivity contribution < 1.29 is 4.79 Å². The molecule has 1 aromatic rings. The van der Waals surface area contributed by atoms with E-state index in [1.165, 1.54) is 22.3 Å². The third-order valence-electron chi connectivity index (χ3n) is 6.73. The number of rotatable bonds is 1. The molecule has 1 unspecified atom stereocenters. The number of hydrogen-bond donors (Lipinski definition) is 1. The molecule has 1 spiro atoms. The van der Waals surface area contributed by atoms with Gasteiger partial charge in [-0.2, -0.15) is 0 Å². The van der Waals surface area contributed by atoms with E-state index in [0.717, 1.165) is 19.4 Å². The second kappa shape index (κ2) is 4.58. The Bertz CT molecular complexity index is 653. The molecule has 1 amide bonds. The van der Waals surface area contributed by atoms with Gasteiger partial charge in [-0.3, -0.25) is 4.79 Å². The number of aryl methyl sites for hydroxylation is 2. The third-order valence-corrected chi connectivity index (χ3v) is 6.73. The maximum Gasteiger partial charge on any atom is 0.223 e. The summed E-state index contributed by atoms with van der Waals surface area (Å²) in [5.41, 5.74) is 11.6. The van der Waals surface area contributed by atoms with Gasteiger partial charge in [0.1, 0.15) is 0 Å². The number of nitrogens with zero attached hydrogens (tertiary/aromatic N) is 1. The smallest absolute Gasteiger partial charge is 0.223 e. The Morgan fingerprint density at radius 3 is 2.77 bits per heavy atom. The molecule has 1 aromatic carbocycles. The molecule has 1 saturated heterocycles. The van der Waals surface area contributed by atoms with Gasteiger partial charge in [0.2, 0.25) is 5.91 Å². The zero-order chi connectivity index (χ0) is 15.6. The lowest BCUT2D eigenvalue weighted by atomic mass is 9.73. The molecule has 0 bridgehead atoms. The van der Waals surface area contributed by atoms with Crippen LogP contribution in [0.15, 0.2) is 12.1 Å². The Hall–Kier alpha value is -1.35. The molecule has 1 saturated carbocycles. The molecule has 3 aliphatic rings. The Morgan fingerprint density at radius 2 is 2.05 bits per heavy atom. The van der Waals surface area contributed by atoms with Crippen LogP contribution in [-0.4, -0.2) is 23.9 Å². The fourth-order valence-electron chi connectivity index (χ4n) is 5.59. The highest BCUT2D eigenvalue weighted by Gasteiger charge is 2.62. The fourth-order valence-corrected chi connectivity index (χ4v) is 5.59. The maximum atomic E-state index is 12.6. The maximum absolute atomic E-state index is 12.6. The van der Waals surface area contributed by atoms with Crippen molar-refractivity contribution in [3.63, 3.8) is 0 Å². The minimum atomic E-state index is -0.0629. The SMILES string of the molecule is Cc1cc2c(cc1C)C13C[C@H](C)[C@@H](CN)[C@@H]1CC(=O)N3CC2. The molecule has 3 heteroatoms. The van der Waals surface area contributed by atoms with Crippen LogP contribution in [0.3, 0.4) is 0 Å². The van der Waals surface area contributed by atoms with Crippen LogP contribution in [-0.2, 0) is 16.8 Å². The molecule has 22 heavy (non-hydrogen) atoms. The van der Waals surface area contributed by atoms with E-state index in [1.807, 2.05) is 0 Å². The second-order valence-corrected chi connectivity index (χ2v) is 7.70. The van der Waals surface area contributed by atoms with E-state index in [0.29, 0.717) is 36.6 Å². The topological polar surface area (TPSA) is 46.3 Å². The van der Waals surface area contributed by atoms with Gasteiger partial charge in [0.15, 0.2) is 0 Å². The number of amides is 1. The summed E-state index contributed by atoms with van der Waals surface area (Å²) in [5, 5.41) is 0. The van der Waals surface area contributed by atoms with E-state index in [9.17, 15) is 4.79 Å². The molecule has 4 rings (SSSR count). The average molecular weight is 298 g/mol. The first-order chi connectivity index (χ1) is 10.5. The minimum absolute atomic E-state index is 0.0629. The average Bonchev–Trinajstić information content (AvgIpc) is 2.89. The molecule has 0 radical (unpaired) electrons.